The first-order valence-corrected chi connectivity index (χ1v) is 13.2. The van der Waals surface area contributed by atoms with Crippen LogP contribution in [0.4, 0.5) is 45.5 Å². The number of benzene rings is 4. The zero-order valence-electron chi connectivity index (χ0n) is 24.5. The summed E-state index contributed by atoms with van der Waals surface area (Å²) in [4.78, 5) is 106. The van der Waals surface area contributed by atoms with Crippen LogP contribution in [0.5, 0.6) is 0 Å². The highest BCUT2D eigenvalue weighted by Crippen LogP contribution is 2.51. The summed E-state index contributed by atoms with van der Waals surface area (Å²) in [6, 6.07) is 5.30. The average Bonchev–Trinajstić information content (AvgIpc) is 3.53. The maximum Gasteiger partial charge on any atom is 0.285 e. The van der Waals surface area contributed by atoms with Gasteiger partial charge in [-0.3, -0.25) is 90.5 Å². The van der Waals surface area contributed by atoms with E-state index in [9.17, 15) is 90.5 Å². The molecule has 0 radical (unpaired) electrons. The molecule has 260 valence electrons. The number of ketones is 2. The zero-order valence-corrected chi connectivity index (χ0v) is 24.5. The SMILES string of the molecule is O=C1c2cc([N+](=O)[O-])cc([N+](=O)[O-])c2-c2c1cc([N+](=O)[O-])cc2[N+](=O)[O-].O=C1c2cc([N+](=O)[O-])cc([N+](=O)[O-])c2-c2c1cc([N+](=O)[O-])cc2[N+](=O)[O-]. The lowest BCUT2D eigenvalue weighted by atomic mass is 10.0. The van der Waals surface area contributed by atoms with Gasteiger partial charge in [-0.15, -0.1) is 0 Å². The van der Waals surface area contributed by atoms with E-state index < -0.39 is 141 Å². The van der Waals surface area contributed by atoms with Gasteiger partial charge in [0.25, 0.3) is 45.5 Å². The molecule has 0 saturated carbocycles. The number of rotatable bonds is 8. The molecule has 0 aromatic heterocycles. The van der Waals surface area contributed by atoms with Crippen molar-refractivity contribution in [2.75, 3.05) is 0 Å². The minimum atomic E-state index is -1.01. The fourth-order valence-electron chi connectivity index (χ4n) is 5.50. The predicted molar refractivity (Wildman–Crippen MR) is 164 cm³/mol. The molecule has 0 fully saturated rings. The van der Waals surface area contributed by atoms with Gasteiger partial charge < -0.3 is 0 Å². The minimum absolute atomic E-state index is 0.470. The molecule has 26 heteroatoms. The van der Waals surface area contributed by atoms with Gasteiger partial charge in [0.2, 0.25) is 0 Å². The molecule has 6 rings (SSSR count). The summed E-state index contributed by atoms with van der Waals surface area (Å²) >= 11 is 0. The molecular weight excluding hydrogens is 712 g/mol. The van der Waals surface area contributed by atoms with E-state index in [0.717, 1.165) is 24.3 Å². The Bertz CT molecular complexity index is 2160. The van der Waals surface area contributed by atoms with Crippen LogP contribution in [0.25, 0.3) is 22.3 Å². The van der Waals surface area contributed by atoms with Gasteiger partial charge in [0.15, 0.2) is 11.6 Å². The third-order valence-electron chi connectivity index (χ3n) is 7.52. The van der Waals surface area contributed by atoms with Crippen LogP contribution in [-0.2, 0) is 0 Å². The maximum absolute atomic E-state index is 12.5. The lowest BCUT2D eigenvalue weighted by molar-refractivity contribution is -0.395. The molecule has 4 aromatic rings. The van der Waals surface area contributed by atoms with Crippen LogP contribution >= 0.6 is 0 Å². The van der Waals surface area contributed by atoms with Crippen molar-refractivity contribution in [1.29, 1.82) is 0 Å². The lowest BCUT2D eigenvalue weighted by Gasteiger charge is -2.03. The maximum atomic E-state index is 12.5. The first-order valence-electron chi connectivity index (χ1n) is 13.2. The van der Waals surface area contributed by atoms with Gasteiger partial charge in [-0.05, 0) is 0 Å². The molecule has 0 atom stereocenters. The van der Waals surface area contributed by atoms with Crippen LogP contribution in [-0.4, -0.2) is 51.0 Å². The number of non-ortho nitro benzene ring substituents is 4. The summed E-state index contributed by atoms with van der Waals surface area (Å²) in [7, 11) is 0. The van der Waals surface area contributed by atoms with Crippen LogP contribution in [0.2, 0.25) is 0 Å². The Morgan fingerprint density at radius 1 is 0.288 bits per heavy atom. The van der Waals surface area contributed by atoms with Crippen LogP contribution < -0.4 is 0 Å². The summed E-state index contributed by atoms with van der Waals surface area (Å²) in [5.41, 5.74) is -10.4. The fraction of sp³-hybridized carbons (Fsp3) is 0. The van der Waals surface area contributed by atoms with E-state index >= 15 is 0 Å². The third kappa shape index (κ3) is 5.45. The number of hydrogen-bond donors (Lipinski definition) is 0. The first-order chi connectivity index (χ1) is 24.3. The minimum Gasteiger partial charge on any atom is -0.289 e. The Hall–Kier alpha value is -8.58. The van der Waals surface area contributed by atoms with Gasteiger partial charge in [0.1, 0.15) is 0 Å². The van der Waals surface area contributed by atoms with Crippen LogP contribution in [0.15, 0.2) is 48.5 Å². The summed E-state index contributed by atoms with van der Waals surface area (Å²) in [6.07, 6.45) is 0. The van der Waals surface area contributed by atoms with Crippen molar-refractivity contribution in [3.8, 4) is 22.3 Å². The van der Waals surface area contributed by atoms with Crippen molar-refractivity contribution < 1.29 is 49.0 Å². The second kappa shape index (κ2) is 12.1. The first kappa shape index (κ1) is 34.7. The molecule has 52 heavy (non-hydrogen) atoms. The van der Waals surface area contributed by atoms with Crippen molar-refractivity contribution >= 4 is 57.1 Å². The smallest absolute Gasteiger partial charge is 0.285 e. The Kier molecular flexibility index (Phi) is 8.11. The summed E-state index contributed by atoms with van der Waals surface area (Å²) in [6.45, 7) is 0. The Labute approximate surface area is 280 Å². The summed E-state index contributed by atoms with van der Waals surface area (Å²) < 4.78 is 0. The van der Waals surface area contributed by atoms with Gasteiger partial charge in [0.05, 0.1) is 85.9 Å². The molecule has 26 nitrogen and oxygen atoms in total. The van der Waals surface area contributed by atoms with Crippen molar-refractivity contribution in [2.45, 2.75) is 0 Å². The molecule has 0 heterocycles. The third-order valence-corrected chi connectivity index (χ3v) is 7.52. The highest BCUT2D eigenvalue weighted by atomic mass is 16.7. The van der Waals surface area contributed by atoms with E-state index in [0.29, 0.717) is 24.3 Å². The van der Waals surface area contributed by atoms with E-state index in [2.05, 4.69) is 0 Å². The van der Waals surface area contributed by atoms with Gasteiger partial charge in [-0.1, -0.05) is 0 Å². The summed E-state index contributed by atoms with van der Waals surface area (Å²) in [5, 5.41) is 89.0. The normalized spacial score (nSPS) is 11.6. The van der Waals surface area contributed by atoms with Gasteiger partial charge in [0, 0.05) is 46.5 Å². The number of fused-ring (bicyclic) bond motifs is 6. The Morgan fingerprint density at radius 3 is 0.596 bits per heavy atom. The number of hydrogen-bond acceptors (Lipinski definition) is 18. The fourth-order valence-corrected chi connectivity index (χ4v) is 5.50. The molecule has 0 spiro atoms. The van der Waals surface area contributed by atoms with Crippen LogP contribution in [0, 0.1) is 80.9 Å². The molecule has 0 unspecified atom stereocenters. The Morgan fingerprint density at radius 2 is 0.462 bits per heavy atom. The number of nitro benzene ring substituents is 8. The standard InChI is InChI=1S/2C13H4N4O9/c2*18-13-7-1-5(14(19)20)3-9(16(23)24)11(7)12-8(13)2-6(15(21)22)4-10(12)17(25)26/h2*1-4H. The van der Waals surface area contributed by atoms with Crippen molar-refractivity contribution in [1.82, 2.24) is 0 Å². The quantitative estimate of drug-likeness (QED) is 0.146. The zero-order chi connectivity index (χ0) is 38.7. The molecular formula is C26H8N8O18. The van der Waals surface area contributed by atoms with Gasteiger partial charge in [-0.2, -0.15) is 0 Å². The topological polar surface area (TPSA) is 379 Å². The molecule has 0 amide bonds. The van der Waals surface area contributed by atoms with Crippen molar-refractivity contribution in [2.24, 2.45) is 0 Å². The lowest BCUT2D eigenvalue weighted by Crippen LogP contribution is -2.00. The summed E-state index contributed by atoms with van der Waals surface area (Å²) in [5.74, 6) is -2.01. The second-order valence-corrected chi connectivity index (χ2v) is 10.3. The van der Waals surface area contributed by atoms with Crippen molar-refractivity contribution in [3.63, 3.8) is 0 Å². The van der Waals surface area contributed by atoms with Crippen LogP contribution in [0.1, 0.15) is 31.8 Å². The van der Waals surface area contributed by atoms with Crippen LogP contribution in [0.3, 0.4) is 0 Å². The molecule has 4 aromatic carbocycles. The number of carbonyl (C=O) groups excluding carboxylic acids is 2. The number of carbonyl (C=O) groups is 2. The second-order valence-electron chi connectivity index (χ2n) is 10.3. The van der Waals surface area contributed by atoms with E-state index in [1.165, 1.54) is 0 Å². The molecule has 2 aliphatic rings. The highest BCUT2D eigenvalue weighted by molar-refractivity contribution is 6.26. The monoisotopic (exact) mass is 720 g/mol. The molecule has 0 N–H and O–H groups in total. The molecule has 0 aliphatic heterocycles. The van der Waals surface area contributed by atoms with E-state index in [4.69, 9.17) is 0 Å². The van der Waals surface area contributed by atoms with E-state index in [1.807, 2.05) is 0 Å². The largest absolute Gasteiger partial charge is 0.289 e. The number of nitrogens with zero attached hydrogens (tertiary/aromatic N) is 8. The molecule has 0 bridgehead atoms. The average molecular weight is 720 g/mol. The molecule has 0 saturated heterocycles. The number of nitro groups is 8. The van der Waals surface area contributed by atoms with Gasteiger partial charge >= 0.3 is 0 Å². The Balaban J connectivity index is 0.000000201. The highest BCUT2D eigenvalue weighted by Gasteiger charge is 2.43. The predicted octanol–water partition coefficient (Wildman–Crippen LogP) is 5.06. The van der Waals surface area contributed by atoms with Crippen molar-refractivity contribution in [3.05, 3.63) is 152 Å². The van der Waals surface area contributed by atoms with Gasteiger partial charge in [-0.25, -0.2) is 0 Å². The van der Waals surface area contributed by atoms with E-state index in [-0.39, 0.29) is 0 Å². The molecule has 2 aliphatic carbocycles. The van der Waals surface area contributed by atoms with E-state index in [1.54, 1.807) is 0 Å².